The molecular weight excluding hydrogens is 304 g/mol. The van der Waals surface area contributed by atoms with Crippen LogP contribution in [0.15, 0.2) is 41.5 Å². The van der Waals surface area contributed by atoms with Gasteiger partial charge in [-0.15, -0.1) is 0 Å². The van der Waals surface area contributed by atoms with Crippen molar-refractivity contribution in [3.63, 3.8) is 0 Å². The van der Waals surface area contributed by atoms with Crippen molar-refractivity contribution in [3.05, 3.63) is 58.7 Å². The molecule has 0 radical (unpaired) electrons. The van der Waals surface area contributed by atoms with Crippen LogP contribution in [0, 0.1) is 20.8 Å². The molecule has 0 aliphatic heterocycles. The fraction of sp³-hybridized carbons (Fsp3) is 0.263. The molecule has 0 atom stereocenters. The van der Waals surface area contributed by atoms with Gasteiger partial charge in [0.15, 0.2) is 6.61 Å². The predicted octanol–water partition coefficient (Wildman–Crippen LogP) is 3.15. The lowest BCUT2D eigenvalue weighted by molar-refractivity contribution is -0.123. The van der Waals surface area contributed by atoms with Gasteiger partial charge in [0.1, 0.15) is 11.5 Å². The number of rotatable bonds is 6. The number of hydrazone groups is 1. The number of aryl methyl sites for hydroxylation is 1. The number of hydrogen-bond acceptors (Lipinski definition) is 4. The first-order chi connectivity index (χ1) is 11.5. The highest BCUT2D eigenvalue weighted by molar-refractivity contribution is 5.85. The van der Waals surface area contributed by atoms with Gasteiger partial charge in [-0.2, -0.15) is 5.10 Å². The number of nitrogens with one attached hydrogen (secondary N) is 1. The van der Waals surface area contributed by atoms with Gasteiger partial charge in [0.05, 0.1) is 13.3 Å². The first-order valence-corrected chi connectivity index (χ1v) is 7.67. The maximum atomic E-state index is 11.8. The van der Waals surface area contributed by atoms with Crippen LogP contribution in [0.3, 0.4) is 0 Å². The van der Waals surface area contributed by atoms with Crippen molar-refractivity contribution in [1.82, 2.24) is 5.43 Å². The summed E-state index contributed by atoms with van der Waals surface area (Å²) in [6, 6.07) is 11.3. The second kappa shape index (κ2) is 8.15. The van der Waals surface area contributed by atoms with Gasteiger partial charge in [-0.1, -0.05) is 18.2 Å². The molecule has 0 aliphatic carbocycles. The average molecular weight is 326 g/mol. The largest absolute Gasteiger partial charge is 0.496 e. The van der Waals surface area contributed by atoms with Crippen LogP contribution in [0.2, 0.25) is 0 Å². The molecule has 0 unspecified atom stereocenters. The number of hydrogen-bond donors (Lipinski definition) is 1. The van der Waals surface area contributed by atoms with Crippen molar-refractivity contribution in [2.75, 3.05) is 13.7 Å². The fourth-order valence-corrected chi connectivity index (χ4v) is 2.25. The predicted molar refractivity (Wildman–Crippen MR) is 94.9 cm³/mol. The topological polar surface area (TPSA) is 59.9 Å². The molecule has 126 valence electrons. The van der Waals surface area contributed by atoms with Gasteiger partial charge in [-0.3, -0.25) is 4.79 Å². The van der Waals surface area contributed by atoms with E-state index < -0.39 is 0 Å². The zero-order chi connectivity index (χ0) is 17.5. The van der Waals surface area contributed by atoms with Crippen LogP contribution < -0.4 is 14.9 Å². The summed E-state index contributed by atoms with van der Waals surface area (Å²) >= 11 is 0. The zero-order valence-electron chi connectivity index (χ0n) is 14.4. The van der Waals surface area contributed by atoms with Gasteiger partial charge >= 0.3 is 0 Å². The number of benzene rings is 2. The van der Waals surface area contributed by atoms with E-state index in [1.54, 1.807) is 13.3 Å². The average Bonchev–Trinajstić information content (AvgIpc) is 2.58. The zero-order valence-corrected chi connectivity index (χ0v) is 14.4. The van der Waals surface area contributed by atoms with E-state index in [2.05, 4.69) is 10.5 Å². The molecule has 0 aliphatic rings. The second-order valence-corrected chi connectivity index (χ2v) is 5.45. The van der Waals surface area contributed by atoms with Crippen LogP contribution in [0.4, 0.5) is 0 Å². The summed E-state index contributed by atoms with van der Waals surface area (Å²) in [6.07, 6.45) is 1.62. The minimum atomic E-state index is -0.308. The summed E-state index contributed by atoms with van der Waals surface area (Å²) < 4.78 is 10.7. The normalized spacial score (nSPS) is 10.7. The van der Waals surface area contributed by atoms with E-state index in [0.29, 0.717) is 5.75 Å². The molecule has 0 bridgehead atoms. The van der Waals surface area contributed by atoms with Crippen molar-refractivity contribution in [2.45, 2.75) is 20.8 Å². The quantitative estimate of drug-likeness (QED) is 0.655. The van der Waals surface area contributed by atoms with Gasteiger partial charge in [-0.05, 0) is 61.2 Å². The molecule has 0 aromatic heterocycles. The van der Waals surface area contributed by atoms with Crippen LogP contribution >= 0.6 is 0 Å². The third-order valence-electron chi connectivity index (χ3n) is 3.84. The van der Waals surface area contributed by atoms with Gasteiger partial charge < -0.3 is 9.47 Å². The van der Waals surface area contributed by atoms with E-state index in [0.717, 1.165) is 28.0 Å². The summed E-state index contributed by atoms with van der Waals surface area (Å²) in [4.78, 5) is 11.8. The molecule has 0 saturated heterocycles. The van der Waals surface area contributed by atoms with Crippen LogP contribution in [0.1, 0.15) is 22.3 Å². The molecular formula is C19H22N2O3. The Morgan fingerprint density at radius 3 is 2.54 bits per heavy atom. The Hall–Kier alpha value is -2.82. The Morgan fingerprint density at radius 2 is 1.83 bits per heavy atom. The number of ether oxygens (including phenoxy) is 2. The summed E-state index contributed by atoms with van der Waals surface area (Å²) in [5.74, 6) is 1.22. The van der Waals surface area contributed by atoms with E-state index in [9.17, 15) is 4.79 Å². The second-order valence-electron chi connectivity index (χ2n) is 5.45. The van der Waals surface area contributed by atoms with Crippen molar-refractivity contribution in [2.24, 2.45) is 5.10 Å². The van der Waals surface area contributed by atoms with E-state index in [4.69, 9.17) is 9.47 Å². The molecule has 5 heteroatoms. The Balaban J connectivity index is 1.91. The highest BCUT2D eigenvalue weighted by Gasteiger charge is 2.06. The molecule has 2 aromatic rings. The van der Waals surface area contributed by atoms with E-state index in [1.165, 1.54) is 0 Å². The number of methoxy groups -OCH3 is 1. The minimum absolute atomic E-state index is 0.0805. The summed E-state index contributed by atoms with van der Waals surface area (Å²) in [7, 11) is 1.64. The van der Waals surface area contributed by atoms with Crippen molar-refractivity contribution in [1.29, 1.82) is 0 Å². The van der Waals surface area contributed by atoms with Crippen molar-refractivity contribution < 1.29 is 14.3 Å². The summed E-state index contributed by atoms with van der Waals surface area (Å²) in [6.45, 7) is 5.82. The monoisotopic (exact) mass is 326 g/mol. The van der Waals surface area contributed by atoms with Crippen molar-refractivity contribution in [3.8, 4) is 11.5 Å². The molecule has 5 nitrogen and oxygen atoms in total. The summed E-state index contributed by atoms with van der Waals surface area (Å²) in [5, 5.41) is 3.99. The molecule has 1 amide bonds. The molecule has 2 rings (SSSR count). The first kappa shape index (κ1) is 17.5. The highest BCUT2D eigenvalue weighted by Crippen LogP contribution is 2.22. The van der Waals surface area contributed by atoms with Gasteiger partial charge in [0.25, 0.3) is 5.91 Å². The smallest absolute Gasteiger partial charge is 0.277 e. The van der Waals surface area contributed by atoms with Crippen LogP contribution in [0.5, 0.6) is 11.5 Å². The minimum Gasteiger partial charge on any atom is -0.496 e. The maximum Gasteiger partial charge on any atom is 0.277 e. The standard InChI is InChI=1S/C19H22N2O3/c1-13-7-5-6-8-17(13)24-12-19(22)21-20-11-16-9-10-18(23-4)15(3)14(16)2/h5-11H,12H2,1-4H3,(H,21,22). The van der Waals surface area contributed by atoms with E-state index in [1.807, 2.05) is 57.2 Å². The number of para-hydroxylation sites is 1. The van der Waals surface area contributed by atoms with Crippen molar-refractivity contribution >= 4 is 12.1 Å². The van der Waals surface area contributed by atoms with Gasteiger partial charge in [0, 0.05) is 0 Å². The van der Waals surface area contributed by atoms with Crippen LogP contribution in [-0.2, 0) is 4.79 Å². The van der Waals surface area contributed by atoms with E-state index in [-0.39, 0.29) is 12.5 Å². The lowest BCUT2D eigenvalue weighted by Gasteiger charge is -2.10. The Labute approximate surface area is 142 Å². The van der Waals surface area contributed by atoms with Gasteiger partial charge in [-0.25, -0.2) is 5.43 Å². The molecule has 0 heterocycles. The summed E-state index contributed by atoms with van der Waals surface area (Å²) in [5.41, 5.74) is 6.49. The molecule has 0 spiro atoms. The Bertz CT molecular complexity index is 754. The molecule has 0 fully saturated rings. The molecule has 0 saturated carbocycles. The van der Waals surface area contributed by atoms with Crippen LogP contribution in [-0.4, -0.2) is 25.8 Å². The van der Waals surface area contributed by atoms with Crippen LogP contribution in [0.25, 0.3) is 0 Å². The lowest BCUT2D eigenvalue weighted by atomic mass is 10.0. The maximum absolute atomic E-state index is 11.8. The third-order valence-corrected chi connectivity index (χ3v) is 3.84. The number of nitrogens with zero attached hydrogens (tertiary/aromatic N) is 1. The number of amides is 1. The number of carbonyl (C=O) groups is 1. The molecule has 2 aromatic carbocycles. The van der Waals surface area contributed by atoms with E-state index >= 15 is 0 Å². The first-order valence-electron chi connectivity index (χ1n) is 7.67. The third kappa shape index (κ3) is 4.35. The SMILES string of the molecule is COc1ccc(C=NNC(=O)COc2ccccc2C)c(C)c1C. The lowest BCUT2D eigenvalue weighted by Crippen LogP contribution is -2.24. The van der Waals surface area contributed by atoms with Gasteiger partial charge in [0.2, 0.25) is 0 Å². The Kier molecular flexibility index (Phi) is 5.95. The molecule has 1 N–H and O–H groups in total. The number of carbonyl (C=O) groups excluding carboxylic acids is 1. The highest BCUT2D eigenvalue weighted by atomic mass is 16.5. The fourth-order valence-electron chi connectivity index (χ4n) is 2.25. The molecule has 24 heavy (non-hydrogen) atoms. The Morgan fingerprint density at radius 1 is 1.08 bits per heavy atom.